The van der Waals surface area contributed by atoms with E-state index >= 15 is 0 Å². The molecule has 1 amide bonds. The van der Waals surface area contributed by atoms with Crippen LogP contribution in [-0.2, 0) is 13.5 Å². The molecule has 0 saturated heterocycles. The van der Waals surface area contributed by atoms with Gasteiger partial charge in [-0.3, -0.25) is 18.8 Å². The molecule has 0 spiro atoms. The van der Waals surface area contributed by atoms with E-state index in [1.54, 1.807) is 10.9 Å². The molecule has 0 radical (unpaired) electrons. The molecule has 0 aliphatic carbocycles. The van der Waals surface area contributed by atoms with E-state index in [2.05, 4.69) is 33.0 Å². The summed E-state index contributed by atoms with van der Waals surface area (Å²) in [5.74, 6) is -0.298. The van der Waals surface area contributed by atoms with Gasteiger partial charge in [0.25, 0.3) is 11.5 Å². The van der Waals surface area contributed by atoms with Crippen molar-refractivity contribution >= 4 is 33.5 Å². The number of hydrogen-bond donors (Lipinski definition) is 3. The number of amides is 1. The van der Waals surface area contributed by atoms with E-state index in [4.69, 9.17) is 11.5 Å². The van der Waals surface area contributed by atoms with Crippen molar-refractivity contribution in [3.05, 3.63) is 101 Å². The number of benzene rings is 2. The minimum atomic E-state index is -0.548. The Morgan fingerprint density at radius 1 is 1.05 bits per heavy atom. The first kappa shape index (κ1) is 24.4. The van der Waals surface area contributed by atoms with Crippen molar-refractivity contribution in [2.45, 2.75) is 13.3 Å². The number of nitrogens with zero attached hydrogens (tertiary/aromatic N) is 5. The molecule has 0 aliphatic heterocycles. The Morgan fingerprint density at radius 2 is 1.84 bits per heavy atom. The highest BCUT2D eigenvalue weighted by Gasteiger charge is 2.15. The molecule has 6 aromatic rings. The van der Waals surface area contributed by atoms with Crippen LogP contribution in [0.1, 0.15) is 23.0 Å². The summed E-state index contributed by atoms with van der Waals surface area (Å²) in [7, 11) is 1.88. The smallest absolute Gasteiger partial charge is 0.263 e. The van der Waals surface area contributed by atoms with Crippen LogP contribution in [0, 0.1) is 0 Å². The van der Waals surface area contributed by atoms with Gasteiger partial charge < -0.3 is 16.5 Å². The molecular formula is C28H26N8O2. The SMILES string of the molecule is CCc1cc2cccc(-c3cnn(C)c3)c2c(=O)n1-c1ccccc1.NC(=O)c1c[nH]c2ncnc(N)c12. The molecule has 0 atom stereocenters. The van der Waals surface area contributed by atoms with Gasteiger partial charge in [-0.05, 0) is 35.6 Å². The molecule has 6 rings (SSSR count). The number of aryl methyl sites for hydroxylation is 2. The van der Waals surface area contributed by atoms with Crippen LogP contribution < -0.4 is 17.0 Å². The minimum Gasteiger partial charge on any atom is -0.383 e. The summed E-state index contributed by atoms with van der Waals surface area (Å²) in [5, 5.41) is 6.43. The van der Waals surface area contributed by atoms with E-state index in [1.807, 2.05) is 66.3 Å². The van der Waals surface area contributed by atoms with E-state index in [0.29, 0.717) is 16.6 Å². The number of aromatic nitrogens is 6. The zero-order valence-electron chi connectivity index (χ0n) is 20.9. The van der Waals surface area contributed by atoms with Gasteiger partial charge in [0, 0.05) is 36.4 Å². The first-order valence-corrected chi connectivity index (χ1v) is 12.0. The third-order valence-electron chi connectivity index (χ3n) is 6.28. The lowest BCUT2D eigenvalue weighted by Gasteiger charge is -2.15. The molecule has 0 unspecified atom stereocenters. The number of nitrogen functional groups attached to an aromatic ring is 1. The van der Waals surface area contributed by atoms with Crippen molar-refractivity contribution in [1.29, 1.82) is 0 Å². The van der Waals surface area contributed by atoms with Gasteiger partial charge >= 0.3 is 0 Å². The lowest BCUT2D eigenvalue weighted by molar-refractivity contribution is 0.100. The maximum absolute atomic E-state index is 13.4. The van der Waals surface area contributed by atoms with Gasteiger partial charge in [-0.2, -0.15) is 5.10 Å². The van der Waals surface area contributed by atoms with Crippen LogP contribution in [0.5, 0.6) is 0 Å². The third-order valence-corrected chi connectivity index (χ3v) is 6.28. The normalized spacial score (nSPS) is 10.9. The Labute approximate surface area is 217 Å². The van der Waals surface area contributed by atoms with Gasteiger partial charge in [0.2, 0.25) is 0 Å². The topological polar surface area (TPSA) is 150 Å². The second-order valence-electron chi connectivity index (χ2n) is 8.69. The van der Waals surface area contributed by atoms with Gasteiger partial charge in [0.1, 0.15) is 17.8 Å². The number of anilines is 1. The Bertz CT molecular complexity index is 1830. The number of carbonyl (C=O) groups is 1. The van der Waals surface area contributed by atoms with Crippen LogP contribution in [0.2, 0.25) is 0 Å². The first-order chi connectivity index (χ1) is 18.4. The van der Waals surface area contributed by atoms with E-state index in [1.165, 1.54) is 12.5 Å². The summed E-state index contributed by atoms with van der Waals surface area (Å²) in [6, 6.07) is 17.9. The fraction of sp³-hybridized carbons (Fsp3) is 0.107. The van der Waals surface area contributed by atoms with Crippen LogP contribution in [0.4, 0.5) is 5.82 Å². The van der Waals surface area contributed by atoms with Gasteiger partial charge in [-0.25, -0.2) is 9.97 Å². The fourth-order valence-electron chi connectivity index (χ4n) is 4.52. The van der Waals surface area contributed by atoms with Crippen molar-refractivity contribution in [1.82, 2.24) is 29.3 Å². The predicted octanol–water partition coefficient (Wildman–Crippen LogP) is 3.59. The van der Waals surface area contributed by atoms with Crippen LogP contribution in [0.25, 0.3) is 38.6 Å². The lowest BCUT2D eigenvalue weighted by atomic mass is 10.0. The molecule has 0 bridgehead atoms. The maximum atomic E-state index is 13.4. The Balaban J connectivity index is 0.000000190. The number of fused-ring (bicyclic) bond motifs is 2. The monoisotopic (exact) mass is 506 g/mol. The van der Waals surface area contributed by atoms with Crippen molar-refractivity contribution in [2.24, 2.45) is 12.8 Å². The molecule has 38 heavy (non-hydrogen) atoms. The largest absolute Gasteiger partial charge is 0.383 e. The summed E-state index contributed by atoms with van der Waals surface area (Å²) >= 11 is 0. The number of hydrogen-bond acceptors (Lipinski definition) is 6. The minimum absolute atomic E-state index is 0.0139. The predicted molar refractivity (Wildman–Crippen MR) is 148 cm³/mol. The molecule has 5 N–H and O–H groups in total. The van der Waals surface area contributed by atoms with E-state index < -0.39 is 5.91 Å². The summed E-state index contributed by atoms with van der Waals surface area (Å²) in [5.41, 5.74) is 15.3. The number of nitrogens with two attached hydrogens (primary N) is 2. The Hall–Kier alpha value is -5.25. The van der Waals surface area contributed by atoms with E-state index in [9.17, 15) is 9.59 Å². The average molecular weight is 507 g/mol. The van der Waals surface area contributed by atoms with Crippen LogP contribution in [0.3, 0.4) is 0 Å². The van der Waals surface area contributed by atoms with Gasteiger partial charge in [-0.15, -0.1) is 0 Å². The van der Waals surface area contributed by atoms with Crippen LogP contribution in [0.15, 0.2) is 84.3 Å². The second kappa shape index (κ2) is 10.0. The van der Waals surface area contributed by atoms with Crippen molar-refractivity contribution < 1.29 is 4.79 Å². The second-order valence-corrected chi connectivity index (χ2v) is 8.69. The lowest BCUT2D eigenvalue weighted by Crippen LogP contribution is -2.22. The number of nitrogens with one attached hydrogen (secondary N) is 1. The quantitative estimate of drug-likeness (QED) is 0.332. The number of rotatable bonds is 4. The zero-order valence-corrected chi connectivity index (χ0v) is 20.9. The molecule has 190 valence electrons. The van der Waals surface area contributed by atoms with E-state index in [0.717, 1.165) is 39.7 Å². The number of pyridine rings is 1. The molecule has 10 heteroatoms. The van der Waals surface area contributed by atoms with Crippen LogP contribution in [-0.4, -0.2) is 35.2 Å². The summed E-state index contributed by atoms with van der Waals surface area (Å²) in [6.45, 7) is 2.07. The number of carbonyl (C=O) groups excluding carboxylic acids is 1. The Kier molecular flexibility index (Phi) is 6.44. The zero-order chi connectivity index (χ0) is 26.8. The molecule has 0 saturated carbocycles. The first-order valence-electron chi connectivity index (χ1n) is 12.0. The number of primary amides is 1. The molecule has 10 nitrogen and oxygen atoms in total. The molecule has 4 heterocycles. The third kappa shape index (κ3) is 4.39. The number of para-hydroxylation sites is 1. The van der Waals surface area contributed by atoms with Gasteiger partial charge in [0.15, 0.2) is 0 Å². The maximum Gasteiger partial charge on any atom is 0.263 e. The fourth-order valence-corrected chi connectivity index (χ4v) is 4.52. The standard InChI is InChI=1S/C21H19N3O.C7H7N5O/c1-3-17-12-15-8-7-11-19(16-13-22-23(2)14-16)20(15)21(25)24(17)18-9-5-4-6-10-18;8-5-4-3(6(9)13)1-10-7(4)12-2-11-5/h4-14H,3H2,1-2H3;1-2H,(H2,9,13)(H3,8,10,11,12). The molecule has 4 aromatic heterocycles. The summed E-state index contributed by atoms with van der Waals surface area (Å²) in [6.07, 6.45) is 7.32. The van der Waals surface area contributed by atoms with Gasteiger partial charge in [-0.1, -0.05) is 43.3 Å². The number of aromatic amines is 1. The van der Waals surface area contributed by atoms with Crippen molar-refractivity contribution in [2.75, 3.05) is 5.73 Å². The molecule has 0 fully saturated rings. The van der Waals surface area contributed by atoms with Crippen LogP contribution >= 0.6 is 0 Å². The summed E-state index contributed by atoms with van der Waals surface area (Å²) in [4.78, 5) is 34.8. The van der Waals surface area contributed by atoms with Crippen molar-refractivity contribution in [3.63, 3.8) is 0 Å². The molecule has 2 aromatic carbocycles. The highest BCUT2D eigenvalue weighted by Crippen LogP contribution is 2.27. The highest BCUT2D eigenvalue weighted by molar-refractivity contribution is 6.08. The van der Waals surface area contributed by atoms with E-state index in [-0.39, 0.29) is 11.4 Å². The number of H-pyrrole nitrogens is 1. The highest BCUT2D eigenvalue weighted by atomic mass is 16.1. The molecule has 0 aliphatic rings. The average Bonchev–Trinajstić information content (AvgIpc) is 3.56. The Morgan fingerprint density at radius 3 is 2.53 bits per heavy atom. The van der Waals surface area contributed by atoms with Crippen molar-refractivity contribution in [3.8, 4) is 16.8 Å². The summed E-state index contributed by atoms with van der Waals surface area (Å²) < 4.78 is 3.58. The van der Waals surface area contributed by atoms with Gasteiger partial charge in [0.05, 0.1) is 22.5 Å². The molecular weight excluding hydrogens is 480 g/mol.